The van der Waals surface area contributed by atoms with Crippen molar-refractivity contribution >= 4 is 11.9 Å². The first-order chi connectivity index (χ1) is 12.0. The number of carboxylic acids is 1. The van der Waals surface area contributed by atoms with Gasteiger partial charge in [0.2, 0.25) is 0 Å². The van der Waals surface area contributed by atoms with Crippen molar-refractivity contribution in [3.05, 3.63) is 22.3 Å². The van der Waals surface area contributed by atoms with Crippen LogP contribution in [-0.2, 0) is 22.6 Å². The lowest BCUT2D eigenvalue weighted by molar-refractivity contribution is -0.156. The van der Waals surface area contributed by atoms with Gasteiger partial charge in [0, 0.05) is 17.5 Å². The summed E-state index contributed by atoms with van der Waals surface area (Å²) >= 11 is 0. The number of rotatable bonds is 7. The van der Waals surface area contributed by atoms with E-state index in [9.17, 15) is 30.0 Å². The van der Waals surface area contributed by atoms with Crippen LogP contribution in [-0.4, -0.2) is 62.4 Å². The summed E-state index contributed by atoms with van der Waals surface area (Å²) in [7, 11) is 1.35. The van der Waals surface area contributed by atoms with Gasteiger partial charge in [0.05, 0.1) is 25.7 Å². The van der Waals surface area contributed by atoms with E-state index in [-0.39, 0.29) is 29.9 Å². The number of benzene rings is 1. The van der Waals surface area contributed by atoms with Gasteiger partial charge in [-0.15, -0.1) is 0 Å². The van der Waals surface area contributed by atoms with Crippen molar-refractivity contribution in [2.75, 3.05) is 7.11 Å². The molecule has 0 bridgehead atoms. The molecule has 26 heavy (non-hydrogen) atoms. The van der Waals surface area contributed by atoms with Crippen LogP contribution in [0.3, 0.4) is 0 Å². The Morgan fingerprint density at radius 1 is 1.35 bits per heavy atom. The molecule has 0 saturated heterocycles. The van der Waals surface area contributed by atoms with Gasteiger partial charge < -0.3 is 35.0 Å². The minimum atomic E-state index is -2.18. The number of cyclic esters (lactones) is 1. The average Bonchev–Trinajstić information content (AvgIpc) is 2.94. The number of phenols is 1. The lowest BCUT2D eigenvalue weighted by Crippen LogP contribution is -2.51. The zero-order valence-electron chi connectivity index (χ0n) is 14.6. The van der Waals surface area contributed by atoms with Crippen LogP contribution in [0.25, 0.3) is 0 Å². The van der Waals surface area contributed by atoms with E-state index in [0.717, 1.165) is 6.92 Å². The molecule has 0 saturated carbocycles. The number of fused-ring (bicyclic) bond motifs is 1. The molecule has 3 atom stereocenters. The fourth-order valence-corrected chi connectivity index (χ4v) is 3.02. The SMILES string of the molecule is COc1c(C)c2c(c(O)c1C[C@H](O)[C@@](C)(O)[C@H](O)CC(=O)O)C(=O)OC2. The Morgan fingerprint density at radius 2 is 1.96 bits per heavy atom. The van der Waals surface area contributed by atoms with E-state index in [1.165, 1.54) is 7.11 Å². The largest absolute Gasteiger partial charge is 0.507 e. The van der Waals surface area contributed by atoms with Crippen LogP contribution in [0.4, 0.5) is 0 Å². The zero-order chi connectivity index (χ0) is 19.8. The smallest absolute Gasteiger partial charge is 0.342 e. The Hall–Kier alpha value is -2.36. The molecule has 0 spiro atoms. The highest BCUT2D eigenvalue weighted by Gasteiger charge is 2.41. The van der Waals surface area contributed by atoms with E-state index in [1.54, 1.807) is 6.92 Å². The van der Waals surface area contributed by atoms with E-state index in [2.05, 4.69) is 0 Å². The molecule has 0 aromatic heterocycles. The van der Waals surface area contributed by atoms with Gasteiger partial charge in [0.15, 0.2) is 0 Å². The molecular weight excluding hydrogens is 348 g/mol. The van der Waals surface area contributed by atoms with Crippen LogP contribution in [0.2, 0.25) is 0 Å². The quantitative estimate of drug-likeness (QED) is 0.413. The summed E-state index contributed by atoms with van der Waals surface area (Å²) in [4.78, 5) is 22.6. The second kappa shape index (κ2) is 7.10. The fourth-order valence-electron chi connectivity index (χ4n) is 3.02. The molecule has 0 fully saturated rings. The zero-order valence-corrected chi connectivity index (χ0v) is 14.6. The molecule has 0 amide bonds. The first-order valence-corrected chi connectivity index (χ1v) is 7.91. The summed E-state index contributed by atoms with van der Waals surface area (Å²) in [5.41, 5.74) is -1.14. The molecule has 0 unspecified atom stereocenters. The molecule has 144 valence electrons. The number of aromatic hydroxyl groups is 1. The molecule has 0 radical (unpaired) electrons. The number of hydrogen-bond donors (Lipinski definition) is 5. The maximum atomic E-state index is 11.9. The Labute approximate surface area is 149 Å². The van der Waals surface area contributed by atoms with Crippen LogP contribution in [0.1, 0.15) is 40.4 Å². The third-order valence-electron chi connectivity index (χ3n) is 4.76. The monoisotopic (exact) mass is 370 g/mol. The molecule has 1 aromatic rings. The predicted molar refractivity (Wildman–Crippen MR) is 87.1 cm³/mol. The third kappa shape index (κ3) is 3.33. The molecule has 1 aromatic carbocycles. The topological polar surface area (TPSA) is 154 Å². The maximum Gasteiger partial charge on any atom is 0.342 e. The van der Waals surface area contributed by atoms with Gasteiger partial charge in [0.25, 0.3) is 0 Å². The molecule has 1 heterocycles. The van der Waals surface area contributed by atoms with Crippen molar-refractivity contribution in [2.45, 2.75) is 51.1 Å². The van der Waals surface area contributed by atoms with Crippen molar-refractivity contribution in [3.63, 3.8) is 0 Å². The molecule has 9 nitrogen and oxygen atoms in total. The van der Waals surface area contributed by atoms with Gasteiger partial charge in [-0.05, 0) is 19.4 Å². The Bertz CT molecular complexity index is 738. The number of hydrogen-bond acceptors (Lipinski definition) is 8. The van der Waals surface area contributed by atoms with Gasteiger partial charge in [-0.25, -0.2) is 4.79 Å². The molecule has 1 aliphatic heterocycles. The number of aliphatic hydroxyl groups is 3. The van der Waals surface area contributed by atoms with Crippen molar-refractivity contribution in [1.82, 2.24) is 0 Å². The van der Waals surface area contributed by atoms with E-state index in [4.69, 9.17) is 14.6 Å². The second-order valence-electron chi connectivity index (χ2n) is 6.47. The first-order valence-electron chi connectivity index (χ1n) is 7.91. The lowest BCUT2D eigenvalue weighted by atomic mass is 9.85. The van der Waals surface area contributed by atoms with E-state index < -0.39 is 41.9 Å². The molecule has 0 aliphatic carbocycles. The van der Waals surface area contributed by atoms with Gasteiger partial charge in [-0.1, -0.05) is 0 Å². The van der Waals surface area contributed by atoms with Gasteiger partial charge in [-0.3, -0.25) is 4.79 Å². The second-order valence-corrected chi connectivity index (χ2v) is 6.47. The Balaban J connectivity index is 2.43. The normalized spacial score (nSPS) is 17.8. The van der Waals surface area contributed by atoms with E-state index in [1.807, 2.05) is 0 Å². The number of esters is 1. The number of aliphatic hydroxyl groups excluding tert-OH is 2. The summed E-state index contributed by atoms with van der Waals surface area (Å²) in [6, 6.07) is 0. The van der Waals surface area contributed by atoms with E-state index >= 15 is 0 Å². The summed E-state index contributed by atoms with van der Waals surface area (Å²) in [5.74, 6) is -2.28. The molecular formula is C17H22O9. The number of carbonyl (C=O) groups excluding carboxylic acids is 1. The van der Waals surface area contributed by atoms with Gasteiger partial charge >= 0.3 is 11.9 Å². The van der Waals surface area contributed by atoms with Crippen LogP contribution in [0.5, 0.6) is 11.5 Å². The number of methoxy groups -OCH3 is 1. The standard InChI is InChI=1S/C17H22O9/c1-7-9-6-26-16(23)13(9)14(22)8(15(7)25-3)4-10(18)17(2,24)11(19)5-12(20)21/h10-11,18-19,22,24H,4-6H2,1-3H3,(H,20,21)/t10-,11+,17+/m0/s1. The highest BCUT2D eigenvalue weighted by molar-refractivity contribution is 5.98. The van der Waals surface area contributed by atoms with Crippen LogP contribution in [0.15, 0.2) is 0 Å². The summed E-state index contributed by atoms with van der Waals surface area (Å²) in [5, 5.41) is 49.9. The third-order valence-corrected chi connectivity index (χ3v) is 4.76. The number of phenolic OH excluding ortho intramolecular Hbond substituents is 1. The van der Waals surface area contributed by atoms with Gasteiger partial charge in [-0.2, -0.15) is 0 Å². The van der Waals surface area contributed by atoms with Crippen molar-refractivity contribution in [2.24, 2.45) is 0 Å². The molecule has 2 rings (SSSR count). The van der Waals surface area contributed by atoms with E-state index in [0.29, 0.717) is 11.1 Å². The van der Waals surface area contributed by atoms with Crippen LogP contribution >= 0.6 is 0 Å². The number of ether oxygens (including phenoxy) is 2. The molecule has 9 heteroatoms. The number of aliphatic carboxylic acids is 1. The van der Waals surface area contributed by atoms with Crippen LogP contribution in [0, 0.1) is 6.92 Å². The lowest BCUT2D eigenvalue weighted by Gasteiger charge is -2.33. The highest BCUT2D eigenvalue weighted by atomic mass is 16.5. The van der Waals surface area contributed by atoms with Gasteiger partial charge in [0.1, 0.15) is 29.3 Å². The first kappa shape index (κ1) is 20.0. The predicted octanol–water partition coefficient (Wildman–Crippen LogP) is -0.130. The van der Waals surface area contributed by atoms with Crippen molar-refractivity contribution < 1.29 is 44.6 Å². The minimum absolute atomic E-state index is 0.0121. The maximum absolute atomic E-state index is 11.9. The molecule has 5 N–H and O–H groups in total. The fraction of sp³-hybridized carbons (Fsp3) is 0.529. The number of carboxylic acid groups (broad SMARTS) is 1. The van der Waals surface area contributed by atoms with Crippen molar-refractivity contribution in [1.29, 1.82) is 0 Å². The van der Waals surface area contributed by atoms with Crippen molar-refractivity contribution in [3.8, 4) is 11.5 Å². The van der Waals surface area contributed by atoms with Crippen LogP contribution < -0.4 is 4.74 Å². The minimum Gasteiger partial charge on any atom is -0.507 e. The Kier molecular flexibility index (Phi) is 5.45. The summed E-state index contributed by atoms with van der Waals surface area (Å²) < 4.78 is 10.2. The number of carbonyl (C=O) groups is 2. The Morgan fingerprint density at radius 3 is 2.50 bits per heavy atom. The average molecular weight is 370 g/mol. The highest BCUT2D eigenvalue weighted by Crippen LogP contribution is 2.42. The summed E-state index contributed by atoms with van der Waals surface area (Å²) in [6.07, 6.45) is -4.56. The summed E-state index contributed by atoms with van der Waals surface area (Å²) in [6.45, 7) is 2.73. The molecule has 1 aliphatic rings.